The maximum Gasteiger partial charge on any atom is 0.338 e. The van der Waals surface area contributed by atoms with Crippen molar-refractivity contribution in [3.05, 3.63) is 88.1 Å². The number of carbonyl (C=O) groups excluding carboxylic acids is 2. The van der Waals surface area contributed by atoms with E-state index in [-0.39, 0.29) is 12.6 Å². The van der Waals surface area contributed by atoms with Gasteiger partial charge in [-0.2, -0.15) is 0 Å². The average molecular weight is 452 g/mol. The predicted octanol–water partition coefficient (Wildman–Crippen LogP) is 4.30. The molecule has 0 aliphatic carbocycles. The Kier molecular flexibility index (Phi) is 6.93. The van der Waals surface area contributed by atoms with Gasteiger partial charge in [-0.3, -0.25) is 4.90 Å². The largest absolute Gasteiger partial charge is 0.463 e. The van der Waals surface area contributed by atoms with Gasteiger partial charge in [0.05, 0.1) is 18.2 Å². The zero-order valence-corrected chi connectivity index (χ0v) is 18.7. The van der Waals surface area contributed by atoms with Crippen LogP contribution in [0.3, 0.4) is 0 Å². The fraction of sp³-hybridized carbons (Fsp3) is 0.280. The minimum atomic E-state index is -0.628. The number of esters is 1. The molecule has 0 bridgehead atoms. The van der Waals surface area contributed by atoms with E-state index >= 15 is 0 Å². The Morgan fingerprint density at radius 2 is 2.00 bits per heavy atom. The number of hydrogen-bond donors (Lipinski definition) is 2. The van der Waals surface area contributed by atoms with Gasteiger partial charge in [-0.1, -0.05) is 60.1 Å². The van der Waals surface area contributed by atoms with Gasteiger partial charge in [0, 0.05) is 30.4 Å². The van der Waals surface area contributed by atoms with Crippen LogP contribution in [0.25, 0.3) is 5.57 Å². The number of benzene rings is 2. The Labute approximate surface area is 192 Å². The minimum absolute atomic E-state index is 0.249. The highest BCUT2D eigenvalue weighted by Gasteiger charge is 2.34. The first-order chi connectivity index (χ1) is 15.5. The second-order valence-corrected chi connectivity index (χ2v) is 8.22. The Morgan fingerprint density at radius 3 is 2.69 bits per heavy atom. The third-order valence-corrected chi connectivity index (χ3v) is 5.89. The fourth-order valence-electron chi connectivity index (χ4n) is 4.12. The molecule has 0 saturated carbocycles. The predicted molar refractivity (Wildman–Crippen MR) is 125 cm³/mol. The molecule has 0 radical (unpaired) electrons. The zero-order chi connectivity index (χ0) is 22.5. The fourth-order valence-corrected chi connectivity index (χ4v) is 4.32. The summed E-state index contributed by atoms with van der Waals surface area (Å²) in [5.74, 6) is -0.447. The van der Waals surface area contributed by atoms with Crippen LogP contribution >= 0.6 is 11.6 Å². The molecule has 0 spiro atoms. The van der Waals surface area contributed by atoms with Gasteiger partial charge >= 0.3 is 12.0 Å². The highest BCUT2D eigenvalue weighted by Crippen LogP contribution is 2.30. The number of nitrogens with one attached hydrogen (secondary N) is 2. The molecule has 4 rings (SSSR count). The molecule has 6 nitrogen and oxygen atoms in total. The summed E-state index contributed by atoms with van der Waals surface area (Å²) in [6.45, 7) is 4.01. The van der Waals surface area contributed by atoms with Crippen LogP contribution in [0.5, 0.6) is 0 Å². The van der Waals surface area contributed by atoms with E-state index in [2.05, 4.69) is 33.7 Å². The van der Waals surface area contributed by atoms with Crippen molar-refractivity contribution in [2.24, 2.45) is 0 Å². The van der Waals surface area contributed by atoms with Gasteiger partial charge in [-0.05, 0) is 42.2 Å². The molecule has 1 unspecified atom stereocenters. The molecule has 0 fully saturated rings. The molecule has 32 heavy (non-hydrogen) atoms. The molecule has 2 amide bonds. The summed E-state index contributed by atoms with van der Waals surface area (Å²) in [4.78, 5) is 27.6. The molecular weight excluding hydrogens is 426 g/mol. The molecule has 1 atom stereocenters. The number of rotatable bonds is 6. The van der Waals surface area contributed by atoms with Crippen LogP contribution in [-0.4, -0.2) is 43.1 Å². The topological polar surface area (TPSA) is 70.7 Å². The van der Waals surface area contributed by atoms with Gasteiger partial charge < -0.3 is 15.4 Å². The third-order valence-electron chi connectivity index (χ3n) is 5.65. The number of amides is 2. The van der Waals surface area contributed by atoms with E-state index in [0.29, 0.717) is 22.8 Å². The van der Waals surface area contributed by atoms with E-state index in [4.69, 9.17) is 16.3 Å². The lowest BCUT2D eigenvalue weighted by molar-refractivity contribution is -0.139. The third kappa shape index (κ3) is 5.03. The molecule has 2 aliphatic heterocycles. The second kappa shape index (κ2) is 10.0. The van der Waals surface area contributed by atoms with Crippen LogP contribution in [0.4, 0.5) is 4.79 Å². The lowest BCUT2D eigenvalue weighted by Gasteiger charge is -2.33. The maximum absolute atomic E-state index is 12.9. The Hall–Kier alpha value is -3.09. The molecule has 7 heteroatoms. The first kappa shape index (κ1) is 22.1. The quantitative estimate of drug-likeness (QED) is 0.642. The summed E-state index contributed by atoms with van der Waals surface area (Å²) in [7, 11) is 0. The van der Waals surface area contributed by atoms with E-state index < -0.39 is 12.0 Å². The van der Waals surface area contributed by atoms with E-state index in [1.165, 1.54) is 11.1 Å². The minimum Gasteiger partial charge on any atom is -0.463 e. The van der Waals surface area contributed by atoms with Crippen molar-refractivity contribution in [3.8, 4) is 0 Å². The Balaban J connectivity index is 1.61. The number of halogens is 1. The molecule has 2 N–H and O–H groups in total. The van der Waals surface area contributed by atoms with Crippen molar-refractivity contribution in [1.82, 2.24) is 15.5 Å². The van der Waals surface area contributed by atoms with Crippen molar-refractivity contribution >= 4 is 29.2 Å². The van der Waals surface area contributed by atoms with Crippen LogP contribution in [0, 0.1) is 0 Å². The molecule has 0 saturated heterocycles. The van der Waals surface area contributed by atoms with Gasteiger partial charge in [-0.15, -0.1) is 0 Å². The van der Waals surface area contributed by atoms with Gasteiger partial charge in [-0.25, -0.2) is 9.59 Å². The van der Waals surface area contributed by atoms with Crippen LogP contribution < -0.4 is 10.6 Å². The summed E-state index contributed by atoms with van der Waals surface area (Å²) in [6.07, 6.45) is 3.11. The zero-order valence-electron chi connectivity index (χ0n) is 17.9. The van der Waals surface area contributed by atoms with Gasteiger partial charge in [0.2, 0.25) is 0 Å². The molecule has 2 aromatic carbocycles. The molecule has 166 valence electrons. The van der Waals surface area contributed by atoms with Crippen molar-refractivity contribution in [2.45, 2.75) is 19.4 Å². The van der Waals surface area contributed by atoms with Crippen molar-refractivity contribution in [2.75, 3.05) is 26.2 Å². The second-order valence-electron chi connectivity index (χ2n) is 7.78. The highest BCUT2D eigenvalue weighted by molar-refractivity contribution is 6.30. The molecule has 0 aromatic heterocycles. The number of urea groups is 1. The maximum atomic E-state index is 12.9. The summed E-state index contributed by atoms with van der Waals surface area (Å²) in [6, 6.07) is 16.5. The number of ether oxygens (including phenoxy) is 1. The monoisotopic (exact) mass is 451 g/mol. The van der Waals surface area contributed by atoms with Gasteiger partial charge in [0.15, 0.2) is 0 Å². The van der Waals surface area contributed by atoms with Crippen LogP contribution in [0.1, 0.15) is 30.5 Å². The Morgan fingerprint density at radius 1 is 1.19 bits per heavy atom. The van der Waals surface area contributed by atoms with Crippen molar-refractivity contribution < 1.29 is 14.3 Å². The lowest BCUT2D eigenvalue weighted by atomic mass is 9.94. The summed E-state index contributed by atoms with van der Waals surface area (Å²) < 4.78 is 5.34. The summed E-state index contributed by atoms with van der Waals surface area (Å²) in [5, 5.41) is 6.23. The van der Waals surface area contributed by atoms with Crippen molar-refractivity contribution in [1.29, 1.82) is 0 Å². The standard InChI is InChI=1S/C25H26ClN3O3/c1-2-32-24(30)22-21(27-25(31)28-23(22)19-9-6-10-20(26)15-19)16-29-13-11-18(12-14-29)17-7-4-3-5-8-17/h3-11,15,23H,2,12-14,16H2,1H3,(H2,27,28,31). The molecule has 2 aliphatic rings. The molecule has 2 heterocycles. The lowest BCUT2D eigenvalue weighted by Crippen LogP contribution is -2.48. The average Bonchev–Trinajstić information content (AvgIpc) is 2.80. The number of hydrogen-bond acceptors (Lipinski definition) is 4. The van der Waals surface area contributed by atoms with E-state index in [9.17, 15) is 9.59 Å². The Bertz CT molecular complexity index is 1070. The first-order valence-corrected chi connectivity index (χ1v) is 11.1. The highest BCUT2D eigenvalue weighted by atomic mass is 35.5. The molecular formula is C25H26ClN3O3. The number of carbonyl (C=O) groups is 2. The van der Waals surface area contributed by atoms with Crippen molar-refractivity contribution in [3.63, 3.8) is 0 Å². The van der Waals surface area contributed by atoms with E-state index in [1.54, 1.807) is 25.1 Å². The SMILES string of the molecule is CCOC(=O)C1=C(CN2CC=C(c3ccccc3)CC2)NC(=O)NC1c1cccc(Cl)c1. The van der Waals surface area contributed by atoms with E-state index in [1.807, 2.05) is 24.3 Å². The first-order valence-electron chi connectivity index (χ1n) is 10.7. The number of nitrogens with zero attached hydrogens (tertiary/aromatic N) is 1. The van der Waals surface area contributed by atoms with Gasteiger partial charge in [0.25, 0.3) is 0 Å². The summed E-state index contributed by atoms with van der Waals surface area (Å²) >= 11 is 6.17. The normalized spacial score (nSPS) is 19.1. The van der Waals surface area contributed by atoms with Crippen LogP contribution in [0.15, 0.2) is 71.9 Å². The molecule has 2 aromatic rings. The summed E-state index contributed by atoms with van der Waals surface area (Å²) in [5.41, 5.74) is 4.25. The van der Waals surface area contributed by atoms with E-state index in [0.717, 1.165) is 25.1 Å². The van der Waals surface area contributed by atoms with Gasteiger partial charge in [0.1, 0.15) is 0 Å². The van der Waals surface area contributed by atoms with Crippen LogP contribution in [-0.2, 0) is 9.53 Å². The van der Waals surface area contributed by atoms with Crippen LogP contribution in [0.2, 0.25) is 5.02 Å². The smallest absolute Gasteiger partial charge is 0.338 e.